The molecule has 0 atom stereocenters. The SMILES string of the molecule is CCc1cccc(CC)c1NC(=O)Nc1sc2ccc(C)cc2c1-c1ccccc1Cl. The lowest BCUT2D eigenvalue weighted by Crippen LogP contribution is -2.21. The minimum atomic E-state index is -0.243. The van der Waals surface area contributed by atoms with Crippen molar-refractivity contribution in [3.8, 4) is 11.1 Å². The number of nitrogens with one attached hydrogen (secondary N) is 2. The second-order valence-corrected chi connectivity index (χ2v) is 8.98. The molecular formula is C26H25ClN2OS. The molecule has 0 bridgehead atoms. The molecule has 2 amide bonds. The fraction of sp³-hybridized carbons (Fsp3) is 0.192. The Bertz CT molecular complexity index is 1240. The van der Waals surface area contributed by atoms with Crippen LogP contribution in [0.3, 0.4) is 0 Å². The van der Waals surface area contributed by atoms with Crippen LogP contribution in [0.15, 0.2) is 60.7 Å². The molecule has 3 nitrogen and oxygen atoms in total. The van der Waals surface area contributed by atoms with Crippen molar-refractivity contribution in [2.45, 2.75) is 33.6 Å². The van der Waals surface area contributed by atoms with Crippen LogP contribution in [0.1, 0.15) is 30.5 Å². The van der Waals surface area contributed by atoms with E-state index in [1.165, 1.54) is 5.56 Å². The van der Waals surface area contributed by atoms with Gasteiger partial charge in [0, 0.05) is 31.9 Å². The Morgan fingerprint density at radius 2 is 1.65 bits per heavy atom. The zero-order valence-electron chi connectivity index (χ0n) is 17.9. The number of hydrogen-bond acceptors (Lipinski definition) is 2. The molecule has 4 aromatic rings. The summed E-state index contributed by atoms with van der Waals surface area (Å²) in [5.74, 6) is 0. The lowest BCUT2D eigenvalue weighted by molar-refractivity contribution is 0.262. The number of carbonyl (C=O) groups excluding carboxylic acids is 1. The molecule has 1 aromatic heterocycles. The van der Waals surface area contributed by atoms with E-state index in [2.05, 4.69) is 61.7 Å². The van der Waals surface area contributed by atoms with Crippen LogP contribution in [-0.2, 0) is 12.8 Å². The van der Waals surface area contributed by atoms with Gasteiger partial charge in [-0.1, -0.05) is 73.5 Å². The first-order valence-corrected chi connectivity index (χ1v) is 11.7. The molecule has 0 radical (unpaired) electrons. The van der Waals surface area contributed by atoms with Gasteiger partial charge >= 0.3 is 6.03 Å². The number of anilines is 2. The minimum Gasteiger partial charge on any atom is -0.307 e. The molecule has 0 saturated heterocycles. The van der Waals surface area contributed by atoms with Crippen molar-refractivity contribution in [1.29, 1.82) is 0 Å². The van der Waals surface area contributed by atoms with Crippen molar-refractivity contribution in [3.63, 3.8) is 0 Å². The van der Waals surface area contributed by atoms with Crippen LogP contribution in [0.5, 0.6) is 0 Å². The van der Waals surface area contributed by atoms with Crippen molar-refractivity contribution >= 4 is 49.7 Å². The smallest absolute Gasteiger partial charge is 0.307 e. The van der Waals surface area contributed by atoms with Gasteiger partial charge in [-0.2, -0.15) is 0 Å². The number of urea groups is 1. The normalized spacial score (nSPS) is 11.0. The van der Waals surface area contributed by atoms with Crippen LogP contribution >= 0.6 is 22.9 Å². The summed E-state index contributed by atoms with van der Waals surface area (Å²) >= 11 is 8.11. The van der Waals surface area contributed by atoms with E-state index < -0.39 is 0 Å². The van der Waals surface area contributed by atoms with Gasteiger partial charge in [0.05, 0.1) is 0 Å². The van der Waals surface area contributed by atoms with Crippen molar-refractivity contribution in [2.24, 2.45) is 0 Å². The number of para-hydroxylation sites is 1. The van der Waals surface area contributed by atoms with Crippen molar-refractivity contribution in [2.75, 3.05) is 10.6 Å². The van der Waals surface area contributed by atoms with Gasteiger partial charge in [-0.3, -0.25) is 5.32 Å². The number of halogens is 1. The zero-order valence-corrected chi connectivity index (χ0v) is 19.5. The molecule has 31 heavy (non-hydrogen) atoms. The number of rotatable bonds is 5. The zero-order chi connectivity index (χ0) is 22.0. The highest BCUT2D eigenvalue weighted by molar-refractivity contribution is 7.23. The van der Waals surface area contributed by atoms with E-state index in [-0.39, 0.29) is 6.03 Å². The van der Waals surface area contributed by atoms with Gasteiger partial charge in [0.25, 0.3) is 0 Å². The summed E-state index contributed by atoms with van der Waals surface area (Å²) in [5, 5.41) is 8.76. The van der Waals surface area contributed by atoms with Gasteiger partial charge in [0.2, 0.25) is 0 Å². The minimum absolute atomic E-state index is 0.243. The number of thiophene rings is 1. The summed E-state index contributed by atoms with van der Waals surface area (Å²) in [5.41, 5.74) is 6.21. The molecule has 0 aliphatic carbocycles. The Labute approximate surface area is 192 Å². The van der Waals surface area contributed by atoms with Crippen LogP contribution in [0.25, 0.3) is 21.2 Å². The van der Waals surface area contributed by atoms with Crippen LogP contribution in [0.4, 0.5) is 15.5 Å². The first kappa shape index (κ1) is 21.4. The second-order valence-electron chi connectivity index (χ2n) is 7.52. The monoisotopic (exact) mass is 448 g/mol. The van der Waals surface area contributed by atoms with E-state index in [0.717, 1.165) is 55.9 Å². The number of hydrogen-bond donors (Lipinski definition) is 2. The van der Waals surface area contributed by atoms with Gasteiger partial charge in [0.1, 0.15) is 5.00 Å². The standard InChI is InChI=1S/C26H25ClN2OS/c1-4-17-9-8-10-18(5-2)24(17)28-26(30)29-25-23(19-11-6-7-12-21(19)27)20-15-16(3)13-14-22(20)31-25/h6-15H,4-5H2,1-3H3,(H2,28,29,30). The van der Waals surface area contributed by atoms with Crippen LogP contribution < -0.4 is 10.6 Å². The van der Waals surface area contributed by atoms with Gasteiger partial charge < -0.3 is 5.32 Å². The summed E-state index contributed by atoms with van der Waals surface area (Å²) in [7, 11) is 0. The topological polar surface area (TPSA) is 41.1 Å². The average molecular weight is 449 g/mol. The molecule has 1 heterocycles. The van der Waals surface area contributed by atoms with Crippen molar-refractivity contribution in [1.82, 2.24) is 0 Å². The van der Waals surface area contributed by atoms with Crippen LogP contribution in [-0.4, -0.2) is 6.03 Å². The lowest BCUT2D eigenvalue weighted by atomic mass is 10.0. The van der Waals surface area contributed by atoms with E-state index in [1.807, 2.05) is 30.3 Å². The maximum absolute atomic E-state index is 13.1. The van der Waals surface area contributed by atoms with Crippen LogP contribution in [0, 0.1) is 6.92 Å². The maximum Gasteiger partial charge on any atom is 0.324 e. The number of aryl methyl sites for hydroxylation is 3. The van der Waals surface area contributed by atoms with E-state index >= 15 is 0 Å². The highest BCUT2D eigenvalue weighted by Gasteiger charge is 2.19. The van der Waals surface area contributed by atoms with Gasteiger partial charge in [-0.05, 0) is 49.1 Å². The third kappa shape index (κ3) is 4.32. The maximum atomic E-state index is 13.1. The number of benzene rings is 3. The third-order valence-electron chi connectivity index (χ3n) is 5.45. The van der Waals surface area contributed by atoms with E-state index in [0.29, 0.717) is 5.02 Å². The highest BCUT2D eigenvalue weighted by Crippen LogP contribution is 2.45. The lowest BCUT2D eigenvalue weighted by Gasteiger charge is -2.15. The molecular weight excluding hydrogens is 424 g/mol. The first-order chi connectivity index (χ1) is 15.0. The molecule has 0 spiro atoms. The van der Waals surface area contributed by atoms with E-state index in [1.54, 1.807) is 11.3 Å². The molecule has 5 heteroatoms. The fourth-order valence-corrected chi connectivity index (χ4v) is 5.20. The number of amides is 2. The number of carbonyl (C=O) groups is 1. The van der Waals surface area contributed by atoms with Gasteiger partial charge in [-0.15, -0.1) is 11.3 Å². The Balaban J connectivity index is 1.75. The average Bonchev–Trinajstić information content (AvgIpc) is 3.10. The first-order valence-electron chi connectivity index (χ1n) is 10.5. The molecule has 4 rings (SSSR count). The predicted octanol–water partition coefficient (Wildman–Crippen LogP) is 8.30. The summed E-state index contributed by atoms with van der Waals surface area (Å²) in [4.78, 5) is 13.1. The molecule has 0 aliphatic heterocycles. The van der Waals surface area contributed by atoms with Crippen molar-refractivity contribution in [3.05, 3.63) is 82.4 Å². The summed E-state index contributed by atoms with van der Waals surface area (Å²) < 4.78 is 1.11. The molecule has 0 unspecified atom stereocenters. The van der Waals surface area contributed by atoms with Gasteiger partial charge in [0.15, 0.2) is 0 Å². The molecule has 2 N–H and O–H groups in total. The molecule has 0 fully saturated rings. The van der Waals surface area contributed by atoms with Crippen molar-refractivity contribution < 1.29 is 4.79 Å². The summed E-state index contributed by atoms with van der Waals surface area (Å²) in [6.45, 7) is 6.27. The molecule has 158 valence electrons. The van der Waals surface area contributed by atoms with Crippen LogP contribution in [0.2, 0.25) is 5.02 Å². The number of fused-ring (bicyclic) bond motifs is 1. The Morgan fingerprint density at radius 3 is 2.32 bits per heavy atom. The molecule has 3 aromatic carbocycles. The van der Waals surface area contributed by atoms with Gasteiger partial charge in [-0.25, -0.2) is 4.79 Å². The third-order valence-corrected chi connectivity index (χ3v) is 6.87. The largest absolute Gasteiger partial charge is 0.324 e. The second kappa shape index (κ2) is 9.13. The van der Waals surface area contributed by atoms with E-state index in [4.69, 9.17) is 11.6 Å². The summed E-state index contributed by atoms with van der Waals surface area (Å²) in [6, 6.07) is 20.0. The quantitative estimate of drug-likeness (QED) is 0.316. The molecule has 0 saturated carbocycles. The predicted molar refractivity (Wildman–Crippen MR) is 135 cm³/mol. The molecule has 0 aliphatic rings. The summed E-state index contributed by atoms with van der Waals surface area (Å²) in [6.07, 6.45) is 1.72. The highest BCUT2D eigenvalue weighted by atomic mass is 35.5. The fourth-order valence-electron chi connectivity index (χ4n) is 3.88. The Hall–Kier alpha value is -2.82. The van der Waals surface area contributed by atoms with E-state index in [9.17, 15) is 4.79 Å². The Kier molecular flexibility index (Phi) is 6.30. The Morgan fingerprint density at radius 1 is 0.935 bits per heavy atom.